The third-order valence-corrected chi connectivity index (χ3v) is 4.41. The molecule has 2 aromatic heterocycles. The first-order chi connectivity index (χ1) is 11.6. The highest BCUT2D eigenvalue weighted by Gasteiger charge is 2.22. The summed E-state index contributed by atoms with van der Waals surface area (Å²) in [5.41, 5.74) is 1.06. The highest BCUT2D eigenvalue weighted by molar-refractivity contribution is 6.30. The molecule has 1 aliphatic heterocycles. The number of H-pyrrole nitrogens is 1. The van der Waals surface area contributed by atoms with E-state index in [4.69, 9.17) is 16.3 Å². The predicted molar refractivity (Wildman–Crippen MR) is 86.8 cm³/mol. The Hall–Kier alpha value is -2.25. The maximum absolute atomic E-state index is 13.3. The minimum absolute atomic E-state index is 0.0454. The molecule has 4 rings (SSSR count). The summed E-state index contributed by atoms with van der Waals surface area (Å²) in [6.45, 7) is 1.24. The van der Waals surface area contributed by atoms with Crippen LogP contribution in [-0.2, 0) is 11.2 Å². The molecular weight excluding hydrogens is 335 g/mol. The van der Waals surface area contributed by atoms with E-state index in [0.717, 1.165) is 12.0 Å². The summed E-state index contributed by atoms with van der Waals surface area (Å²) in [4.78, 5) is 19.6. The number of nitrogens with zero attached hydrogens (tertiary/aromatic N) is 3. The highest BCUT2D eigenvalue weighted by atomic mass is 35.5. The number of halogens is 2. The first-order valence-electron chi connectivity index (χ1n) is 7.60. The fraction of sp³-hybridized carbons (Fsp3) is 0.312. The predicted octanol–water partition coefficient (Wildman–Crippen LogP) is 2.46. The lowest BCUT2D eigenvalue weighted by molar-refractivity contribution is 0.185. The van der Waals surface area contributed by atoms with Gasteiger partial charge in [0.2, 0.25) is 0 Å². The molecule has 24 heavy (non-hydrogen) atoms. The van der Waals surface area contributed by atoms with Crippen LogP contribution < -0.4 is 5.56 Å². The number of nitrogens with one attached hydrogen (secondary N) is 1. The van der Waals surface area contributed by atoms with Crippen LogP contribution >= 0.6 is 11.6 Å². The van der Waals surface area contributed by atoms with Crippen molar-refractivity contribution in [3.05, 3.63) is 57.0 Å². The number of hydrogen-bond donors (Lipinski definition) is 1. The van der Waals surface area contributed by atoms with E-state index in [9.17, 15) is 9.18 Å². The molecule has 3 aromatic rings. The Kier molecular flexibility index (Phi) is 3.82. The SMILES string of the molecule is O=c1[nH]c(Cc2ccc(F)c(Cl)c2)nc2c1cnn2C1CCOC1. The summed E-state index contributed by atoms with van der Waals surface area (Å²) < 4.78 is 20.4. The monoisotopic (exact) mass is 348 g/mol. The zero-order valence-corrected chi connectivity index (χ0v) is 13.4. The number of aromatic amines is 1. The maximum Gasteiger partial charge on any atom is 0.262 e. The van der Waals surface area contributed by atoms with E-state index < -0.39 is 5.82 Å². The van der Waals surface area contributed by atoms with Crippen molar-refractivity contribution in [3.63, 3.8) is 0 Å². The second-order valence-electron chi connectivity index (χ2n) is 5.78. The summed E-state index contributed by atoms with van der Waals surface area (Å²) >= 11 is 5.80. The van der Waals surface area contributed by atoms with Crippen LogP contribution in [0, 0.1) is 5.82 Å². The fourth-order valence-corrected chi connectivity index (χ4v) is 3.09. The van der Waals surface area contributed by atoms with Gasteiger partial charge in [-0.1, -0.05) is 17.7 Å². The minimum Gasteiger partial charge on any atom is -0.379 e. The van der Waals surface area contributed by atoms with Gasteiger partial charge in [0.05, 0.1) is 23.9 Å². The van der Waals surface area contributed by atoms with Crippen molar-refractivity contribution in [2.24, 2.45) is 0 Å². The second kappa shape index (κ2) is 5.99. The molecule has 1 saturated heterocycles. The standard InChI is InChI=1S/C16H14ClFN4O2/c17-12-5-9(1-2-13(12)18)6-14-20-15-11(16(23)21-14)7-19-22(15)10-3-4-24-8-10/h1-2,5,7,10H,3-4,6,8H2,(H,20,21,23). The highest BCUT2D eigenvalue weighted by Crippen LogP contribution is 2.22. The molecule has 1 fully saturated rings. The Balaban J connectivity index is 1.74. The summed E-state index contributed by atoms with van der Waals surface area (Å²) in [5, 5.41) is 4.79. The number of hydrogen-bond acceptors (Lipinski definition) is 4. The zero-order valence-electron chi connectivity index (χ0n) is 12.6. The van der Waals surface area contributed by atoms with Crippen LogP contribution in [0.2, 0.25) is 5.02 Å². The lowest BCUT2D eigenvalue weighted by Crippen LogP contribution is -2.15. The van der Waals surface area contributed by atoms with Gasteiger partial charge < -0.3 is 9.72 Å². The van der Waals surface area contributed by atoms with Crippen LogP contribution in [0.3, 0.4) is 0 Å². The number of aromatic nitrogens is 4. The van der Waals surface area contributed by atoms with Crippen LogP contribution in [0.4, 0.5) is 4.39 Å². The van der Waals surface area contributed by atoms with Crippen LogP contribution in [0.15, 0.2) is 29.2 Å². The van der Waals surface area contributed by atoms with Gasteiger partial charge in [-0.3, -0.25) is 4.79 Å². The molecule has 1 unspecified atom stereocenters. The van der Waals surface area contributed by atoms with E-state index in [2.05, 4.69) is 15.1 Å². The van der Waals surface area contributed by atoms with Crippen LogP contribution in [-0.4, -0.2) is 33.0 Å². The Morgan fingerprint density at radius 2 is 2.33 bits per heavy atom. The quantitative estimate of drug-likeness (QED) is 0.789. The van der Waals surface area contributed by atoms with Crippen molar-refractivity contribution in [1.29, 1.82) is 0 Å². The normalized spacial score (nSPS) is 17.7. The number of rotatable bonds is 3. The molecule has 0 bridgehead atoms. The maximum atomic E-state index is 13.3. The summed E-state index contributed by atoms with van der Waals surface area (Å²) in [7, 11) is 0. The summed E-state index contributed by atoms with van der Waals surface area (Å²) in [6.07, 6.45) is 2.71. The van der Waals surface area contributed by atoms with Crippen molar-refractivity contribution in [1.82, 2.24) is 19.7 Å². The van der Waals surface area contributed by atoms with E-state index in [0.29, 0.717) is 36.5 Å². The molecule has 0 radical (unpaired) electrons. The molecule has 124 valence electrons. The molecule has 3 heterocycles. The fourth-order valence-electron chi connectivity index (χ4n) is 2.89. The summed E-state index contributed by atoms with van der Waals surface area (Å²) in [6, 6.07) is 4.54. The molecular formula is C16H14ClFN4O2. The molecule has 0 amide bonds. The molecule has 8 heteroatoms. The smallest absolute Gasteiger partial charge is 0.262 e. The average Bonchev–Trinajstić information content (AvgIpc) is 3.20. The van der Waals surface area contributed by atoms with Gasteiger partial charge >= 0.3 is 0 Å². The molecule has 1 aromatic carbocycles. The molecule has 0 saturated carbocycles. The van der Waals surface area contributed by atoms with E-state index in [1.165, 1.54) is 18.3 Å². The third kappa shape index (κ3) is 2.70. The summed E-state index contributed by atoms with van der Waals surface area (Å²) in [5.74, 6) is 0.00692. The van der Waals surface area contributed by atoms with Gasteiger partial charge in [-0.25, -0.2) is 14.1 Å². The van der Waals surface area contributed by atoms with Crippen molar-refractivity contribution >= 4 is 22.6 Å². The van der Waals surface area contributed by atoms with E-state index in [1.807, 2.05) is 0 Å². The number of benzene rings is 1. The molecule has 1 atom stereocenters. The van der Waals surface area contributed by atoms with Crippen LogP contribution in [0.5, 0.6) is 0 Å². The van der Waals surface area contributed by atoms with Gasteiger partial charge in [-0.15, -0.1) is 0 Å². The second-order valence-corrected chi connectivity index (χ2v) is 6.19. The third-order valence-electron chi connectivity index (χ3n) is 4.12. The van der Waals surface area contributed by atoms with Gasteiger partial charge in [-0.2, -0.15) is 5.10 Å². The Bertz CT molecular complexity index is 962. The molecule has 6 nitrogen and oxygen atoms in total. The van der Waals surface area contributed by atoms with Gasteiger partial charge in [0, 0.05) is 13.0 Å². The lowest BCUT2D eigenvalue weighted by atomic mass is 10.1. The first kappa shape index (κ1) is 15.3. The topological polar surface area (TPSA) is 72.8 Å². The van der Waals surface area contributed by atoms with Gasteiger partial charge in [-0.05, 0) is 24.1 Å². The Morgan fingerprint density at radius 3 is 3.08 bits per heavy atom. The van der Waals surface area contributed by atoms with E-state index >= 15 is 0 Å². The number of ether oxygens (including phenoxy) is 1. The van der Waals surface area contributed by atoms with Crippen molar-refractivity contribution in [3.8, 4) is 0 Å². The Morgan fingerprint density at radius 1 is 1.46 bits per heavy atom. The van der Waals surface area contributed by atoms with E-state index in [-0.39, 0.29) is 16.6 Å². The van der Waals surface area contributed by atoms with Gasteiger partial charge in [0.15, 0.2) is 5.65 Å². The van der Waals surface area contributed by atoms with Crippen molar-refractivity contribution < 1.29 is 9.13 Å². The molecule has 0 spiro atoms. The van der Waals surface area contributed by atoms with Crippen LogP contribution in [0.25, 0.3) is 11.0 Å². The minimum atomic E-state index is -0.475. The van der Waals surface area contributed by atoms with Crippen LogP contribution in [0.1, 0.15) is 23.9 Å². The van der Waals surface area contributed by atoms with E-state index in [1.54, 1.807) is 10.7 Å². The van der Waals surface area contributed by atoms with Gasteiger partial charge in [0.1, 0.15) is 17.0 Å². The van der Waals surface area contributed by atoms with Crippen molar-refractivity contribution in [2.75, 3.05) is 13.2 Å². The lowest BCUT2D eigenvalue weighted by Gasteiger charge is -2.09. The first-order valence-corrected chi connectivity index (χ1v) is 7.97. The zero-order chi connectivity index (χ0) is 16.7. The largest absolute Gasteiger partial charge is 0.379 e. The molecule has 0 aliphatic carbocycles. The van der Waals surface area contributed by atoms with Gasteiger partial charge in [0.25, 0.3) is 5.56 Å². The number of fused-ring (bicyclic) bond motifs is 1. The Labute approximate surface area is 141 Å². The molecule has 1 N–H and O–H groups in total. The molecule has 1 aliphatic rings. The van der Waals surface area contributed by atoms with Crippen molar-refractivity contribution in [2.45, 2.75) is 18.9 Å². The average molecular weight is 349 g/mol.